The van der Waals surface area contributed by atoms with Crippen LogP contribution in [-0.4, -0.2) is 26.3 Å². The van der Waals surface area contributed by atoms with E-state index in [1.165, 1.54) is 12.1 Å². The van der Waals surface area contributed by atoms with Gasteiger partial charge in [-0.3, -0.25) is 0 Å². The number of ether oxygens (including phenoxy) is 1. The van der Waals surface area contributed by atoms with Gasteiger partial charge < -0.3 is 13.8 Å². The maximum Gasteiger partial charge on any atom is 0.416 e. The quantitative estimate of drug-likeness (QED) is 0.403. The van der Waals surface area contributed by atoms with Crippen molar-refractivity contribution in [3.8, 4) is 11.4 Å². The first kappa shape index (κ1) is 20.2. The van der Waals surface area contributed by atoms with Gasteiger partial charge in [-0.15, -0.1) is 0 Å². The Balaban J connectivity index is 1.35. The monoisotopic (exact) mass is 444 g/mol. The summed E-state index contributed by atoms with van der Waals surface area (Å²) in [5.74, 6) is -0.466. The van der Waals surface area contributed by atoms with E-state index >= 15 is 0 Å². The number of hydrogen-bond acceptors (Lipinski definition) is 8. The molecular weight excluding hydrogens is 429 g/mol. The van der Waals surface area contributed by atoms with E-state index in [4.69, 9.17) is 13.8 Å². The topological polar surface area (TPSA) is 104 Å². The lowest BCUT2D eigenvalue weighted by atomic mass is 10.1. The van der Waals surface area contributed by atoms with Crippen LogP contribution in [0, 0.1) is 6.92 Å². The molecule has 1 aliphatic rings. The van der Waals surface area contributed by atoms with Crippen molar-refractivity contribution in [2.75, 3.05) is 0 Å². The van der Waals surface area contributed by atoms with Crippen LogP contribution in [0.3, 0.4) is 0 Å². The number of alkyl halides is 3. The van der Waals surface area contributed by atoms with Crippen molar-refractivity contribution in [1.82, 2.24) is 20.3 Å². The smallest absolute Gasteiger partial charge is 0.416 e. The number of carbonyl (C=O) groups is 1. The fraction of sp³-hybridized carbons (Fsp3) is 0.286. The molecule has 5 rings (SSSR count). The van der Waals surface area contributed by atoms with E-state index < -0.39 is 17.7 Å². The zero-order valence-electron chi connectivity index (χ0n) is 16.6. The minimum Gasteiger partial charge on any atom is -0.452 e. The van der Waals surface area contributed by atoms with E-state index in [1.54, 1.807) is 13.0 Å². The lowest BCUT2D eigenvalue weighted by Crippen LogP contribution is -2.08. The second-order valence-corrected chi connectivity index (χ2v) is 7.48. The summed E-state index contributed by atoms with van der Waals surface area (Å²) in [4.78, 5) is 21.2. The molecule has 1 aliphatic carbocycles. The van der Waals surface area contributed by atoms with Crippen molar-refractivity contribution in [1.29, 1.82) is 0 Å². The van der Waals surface area contributed by atoms with Crippen LogP contribution in [0.25, 0.3) is 22.5 Å². The van der Waals surface area contributed by atoms with Crippen molar-refractivity contribution in [2.24, 2.45) is 0 Å². The zero-order valence-corrected chi connectivity index (χ0v) is 16.6. The Morgan fingerprint density at radius 3 is 2.72 bits per heavy atom. The van der Waals surface area contributed by atoms with Crippen LogP contribution >= 0.6 is 0 Å². The Morgan fingerprint density at radius 1 is 1.16 bits per heavy atom. The molecule has 1 aromatic carbocycles. The average Bonchev–Trinajstić information content (AvgIpc) is 3.40. The second-order valence-electron chi connectivity index (χ2n) is 7.48. The highest BCUT2D eigenvalue weighted by molar-refractivity contribution is 6.03. The molecule has 0 bridgehead atoms. The zero-order chi connectivity index (χ0) is 22.5. The van der Waals surface area contributed by atoms with Crippen molar-refractivity contribution in [2.45, 2.75) is 38.5 Å². The van der Waals surface area contributed by atoms with Gasteiger partial charge in [-0.25, -0.2) is 9.78 Å². The van der Waals surface area contributed by atoms with Gasteiger partial charge in [-0.1, -0.05) is 22.4 Å². The van der Waals surface area contributed by atoms with Crippen LogP contribution < -0.4 is 0 Å². The molecular formula is C21H15F3N4O4. The highest BCUT2D eigenvalue weighted by Crippen LogP contribution is 2.40. The van der Waals surface area contributed by atoms with Crippen LogP contribution in [0.15, 0.2) is 39.4 Å². The first-order valence-electron chi connectivity index (χ1n) is 9.74. The average molecular weight is 444 g/mol. The molecule has 11 heteroatoms. The van der Waals surface area contributed by atoms with E-state index in [1.807, 2.05) is 0 Å². The molecule has 0 aliphatic heterocycles. The molecule has 164 valence electrons. The number of fused-ring (bicyclic) bond motifs is 1. The summed E-state index contributed by atoms with van der Waals surface area (Å²) >= 11 is 0. The summed E-state index contributed by atoms with van der Waals surface area (Å²) in [6, 6.07) is 6.22. The Bertz CT molecular complexity index is 1320. The van der Waals surface area contributed by atoms with Gasteiger partial charge in [0, 0.05) is 17.2 Å². The molecule has 0 saturated heterocycles. The van der Waals surface area contributed by atoms with E-state index in [0.29, 0.717) is 11.1 Å². The lowest BCUT2D eigenvalue weighted by Gasteiger charge is -2.06. The predicted octanol–water partition coefficient (Wildman–Crippen LogP) is 4.83. The normalized spacial score (nSPS) is 14.1. The molecule has 0 unspecified atom stereocenters. The summed E-state index contributed by atoms with van der Waals surface area (Å²) in [6.45, 7) is 1.35. The summed E-state index contributed by atoms with van der Waals surface area (Å²) in [5.41, 5.74) is 1.09. The standard InChI is InChI=1S/C21H15F3N4O4/c1-10-17-14(8-15(11-5-6-11)25-19(17)32-27-10)20(29)30-9-16-26-18(28-31-16)12-3-2-4-13(7-12)21(22,23)24/h2-4,7-8,11H,5-6,9H2,1H3. The Labute approximate surface area is 178 Å². The van der Waals surface area contributed by atoms with Gasteiger partial charge in [0.05, 0.1) is 22.2 Å². The number of hydrogen-bond donors (Lipinski definition) is 0. The maximum absolute atomic E-state index is 12.9. The highest BCUT2D eigenvalue weighted by atomic mass is 19.4. The number of pyridine rings is 1. The molecule has 1 fully saturated rings. The van der Waals surface area contributed by atoms with Gasteiger partial charge >= 0.3 is 12.1 Å². The van der Waals surface area contributed by atoms with E-state index in [0.717, 1.165) is 30.7 Å². The van der Waals surface area contributed by atoms with Gasteiger partial charge in [-0.2, -0.15) is 18.2 Å². The minimum absolute atomic E-state index is 0.0423. The van der Waals surface area contributed by atoms with Crippen LogP contribution in [0.4, 0.5) is 13.2 Å². The van der Waals surface area contributed by atoms with E-state index in [2.05, 4.69) is 20.3 Å². The number of esters is 1. The number of benzene rings is 1. The number of aryl methyl sites for hydroxylation is 1. The molecule has 0 atom stereocenters. The van der Waals surface area contributed by atoms with Crippen molar-refractivity contribution >= 4 is 17.1 Å². The Hall–Kier alpha value is -3.76. The van der Waals surface area contributed by atoms with Crippen molar-refractivity contribution in [3.05, 3.63) is 58.7 Å². The first-order valence-corrected chi connectivity index (χ1v) is 9.74. The Morgan fingerprint density at radius 2 is 1.97 bits per heavy atom. The number of carbonyl (C=O) groups excluding carboxylic acids is 1. The molecule has 0 radical (unpaired) electrons. The Kier molecular flexibility index (Phi) is 4.68. The SMILES string of the molecule is Cc1noc2nc(C3CC3)cc(C(=O)OCc3nc(-c4cccc(C(F)(F)F)c4)no3)c12. The molecule has 3 aromatic heterocycles. The third-order valence-corrected chi connectivity index (χ3v) is 5.10. The summed E-state index contributed by atoms with van der Waals surface area (Å²) in [5, 5.41) is 8.02. The largest absolute Gasteiger partial charge is 0.452 e. The molecule has 0 amide bonds. The van der Waals surface area contributed by atoms with Crippen LogP contribution in [-0.2, 0) is 17.5 Å². The summed E-state index contributed by atoms with van der Waals surface area (Å²) in [7, 11) is 0. The molecule has 1 saturated carbocycles. The predicted molar refractivity (Wildman–Crippen MR) is 102 cm³/mol. The van der Waals surface area contributed by atoms with E-state index in [-0.39, 0.29) is 41.1 Å². The highest BCUT2D eigenvalue weighted by Gasteiger charge is 2.31. The number of nitrogens with zero attached hydrogens (tertiary/aromatic N) is 4. The second kappa shape index (κ2) is 7.43. The summed E-state index contributed by atoms with van der Waals surface area (Å²) < 4.78 is 54.3. The summed E-state index contributed by atoms with van der Waals surface area (Å²) in [6.07, 6.45) is -2.52. The molecule has 32 heavy (non-hydrogen) atoms. The van der Waals surface area contributed by atoms with Gasteiger partial charge in [-0.05, 0) is 38.0 Å². The number of rotatable bonds is 5. The van der Waals surface area contributed by atoms with Crippen molar-refractivity contribution < 1.29 is 31.7 Å². The molecule has 4 aromatic rings. The van der Waals surface area contributed by atoms with Gasteiger partial charge in [0.1, 0.15) is 0 Å². The van der Waals surface area contributed by atoms with Crippen LogP contribution in [0.1, 0.15) is 52.0 Å². The fourth-order valence-corrected chi connectivity index (χ4v) is 3.33. The number of halogens is 3. The molecule has 0 spiro atoms. The van der Waals surface area contributed by atoms with Crippen LogP contribution in [0.2, 0.25) is 0 Å². The fourth-order valence-electron chi connectivity index (χ4n) is 3.33. The first-order chi connectivity index (χ1) is 15.3. The molecule has 0 N–H and O–H groups in total. The third kappa shape index (κ3) is 3.81. The minimum atomic E-state index is -4.49. The van der Waals surface area contributed by atoms with Crippen molar-refractivity contribution in [3.63, 3.8) is 0 Å². The van der Waals surface area contributed by atoms with Gasteiger partial charge in [0.2, 0.25) is 5.82 Å². The number of aromatic nitrogens is 4. The lowest BCUT2D eigenvalue weighted by molar-refractivity contribution is -0.137. The third-order valence-electron chi connectivity index (χ3n) is 5.10. The van der Waals surface area contributed by atoms with Gasteiger partial charge in [0.25, 0.3) is 11.6 Å². The van der Waals surface area contributed by atoms with Crippen LogP contribution in [0.5, 0.6) is 0 Å². The maximum atomic E-state index is 12.9. The molecule has 8 nitrogen and oxygen atoms in total. The van der Waals surface area contributed by atoms with Gasteiger partial charge in [0.15, 0.2) is 6.61 Å². The van der Waals surface area contributed by atoms with E-state index in [9.17, 15) is 18.0 Å². The molecule has 3 heterocycles.